The molecule has 0 bridgehead atoms. The summed E-state index contributed by atoms with van der Waals surface area (Å²) < 4.78 is 0. The highest BCUT2D eigenvalue weighted by Gasteiger charge is 2.55. The second-order valence-corrected chi connectivity index (χ2v) is 9.66. The number of hydrogen-bond donors (Lipinski definition) is 0. The van der Waals surface area contributed by atoms with E-state index >= 15 is 0 Å². The van der Waals surface area contributed by atoms with Gasteiger partial charge in [0.2, 0.25) is 0 Å². The Hall–Kier alpha value is -7.38. The molecule has 0 spiro atoms. The zero-order valence-electron chi connectivity index (χ0n) is 22.0. The Morgan fingerprint density at radius 3 is 1.37 bits per heavy atom. The number of fused-ring (bicyclic) bond motifs is 6. The average molecular weight is 628 g/mol. The molecule has 6 rings (SSSR count). The summed E-state index contributed by atoms with van der Waals surface area (Å²) in [7, 11) is 0. The molecule has 20 nitrogen and oxygen atoms in total. The molecule has 226 valence electrons. The summed E-state index contributed by atoms with van der Waals surface area (Å²) in [6.07, 6.45) is 0. The summed E-state index contributed by atoms with van der Waals surface area (Å²) in [6.45, 7) is 0. The minimum absolute atomic E-state index is 0.0946. The maximum atomic E-state index is 14.0. The van der Waals surface area contributed by atoms with E-state index in [9.17, 15) is 70.3 Å². The Balaban J connectivity index is 1.91. The summed E-state index contributed by atoms with van der Waals surface area (Å²) in [5, 5.41) is 73.1. The van der Waals surface area contributed by atoms with Gasteiger partial charge in [0.05, 0.1) is 51.8 Å². The molecule has 4 aromatic carbocycles. The largest absolute Gasteiger partial charge is 0.423 e. The highest BCUT2D eigenvalue weighted by atomic mass is 16.7. The first-order valence-corrected chi connectivity index (χ1v) is 12.3. The summed E-state index contributed by atoms with van der Waals surface area (Å²) in [5.41, 5.74) is -16.5. The number of carbonyl (C=O) groups is 2. The van der Waals surface area contributed by atoms with Gasteiger partial charge in [-0.25, -0.2) is 0 Å². The summed E-state index contributed by atoms with van der Waals surface area (Å²) in [5.74, 6) is -2.31. The van der Waals surface area contributed by atoms with Crippen LogP contribution in [0.4, 0.5) is 34.1 Å². The van der Waals surface area contributed by atoms with Crippen LogP contribution < -0.4 is 0 Å². The second-order valence-electron chi connectivity index (χ2n) is 9.66. The van der Waals surface area contributed by atoms with Gasteiger partial charge in [0, 0.05) is 28.3 Å². The van der Waals surface area contributed by atoms with Crippen LogP contribution in [-0.2, 0) is 0 Å². The van der Waals surface area contributed by atoms with Crippen molar-refractivity contribution in [1.82, 2.24) is 0 Å². The first kappa shape index (κ1) is 28.7. The van der Waals surface area contributed by atoms with E-state index < -0.39 is 109 Å². The maximum Gasteiger partial charge on any atom is 0.423 e. The molecule has 0 N–H and O–H groups in total. The number of benzene rings is 4. The minimum atomic E-state index is -1.86. The van der Waals surface area contributed by atoms with Crippen LogP contribution in [0.5, 0.6) is 0 Å². The first-order chi connectivity index (χ1) is 21.7. The molecule has 20 heteroatoms. The van der Waals surface area contributed by atoms with Crippen molar-refractivity contribution in [3.63, 3.8) is 0 Å². The molecule has 0 heterocycles. The van der Waals surface area contributed by atoms with E-state index in [0.29, 0.717) is 5.56 Å². The molecule has 46 heavy (non-hydrogen) atoms. The van der Waals surface area contributed by atoms with Crippen molar-refractivity contribution in [2.45, 2.75) is 0 Å². The Morgan fingerprint density at radius 2 is 0.826 bits per heavy atom. The van der Waals surface area contributed by atoms with Crippen molar-refractivity contribution < 1.29 is 39.1 Å². The van der Waals surface area contributed by atoms with E-state index in [1.165, 1.54) is 30.3 Å². The van der Waals surface area contributed by atoms with Crippen LogP contribution in [-0.4, -0.2) is 41.1 Å². The topological polar surface area (TPSA) is 293 Å². The predicted octanol–water partition coefficient (Wildman–Crippen LogP) is 5.23. The van der Waals surface area contributed by atoms with Crippen molar-refractivity contribution >= 4 is 45.7 Å². The van der Waals surface area contributed by atoms with Crippen LogP contribution in [0.2, 0.25) is 0 Å². The van der Waals surface area contributed by atoms with E-state index in [0.717, 1.165) is 6.07 Å². The average Bonchev–Trinajstić information content (AvgIpc) is 3.45. The predicted molar refractivity (Wildman–Crippen MR) is 150 cm³/mol. The highest BCUT2D eigenvalue weighted by Crippen LogP contribution is 2.60. The smallest absolute Gasteiger partial charge is 0.289 e. The lowest BCUT2D eigenvalue weighted by Crippen LogP contribution is -2.10. The fourth-order valence-corrected chi connectivity index (χ4v) is 5.96. The van der Waals surface area contributed by atoms with Crippen LogP contribution in [0.3, 0.4) is 0 Å². The van der Waals surface area contributed by atoms with Crippen LogP contribution >= 0.6 is 0 Å². The van der Waals surface area contributed by atoms with Gasteiger partial charge < -0.3 is 0 Å². The molecular formula is C26H8N6O14. The lowest BCUT2D eigenvalue weighted by atomic mass is 9.87. The van der Waals surface area contributed by atoms with Crippen molar-refractivity contribution in [2.24, 2.45) is 0 Å². The van der Waals surface area contributed by atoms with Crippen LogP contribution in [0.1, 0.15) is 31.8 Å². The van der Waals surface area contributed by atoms with Gasteiger partial charge in [-0.15, -0.1) is 0 Å². The number of nitrogens with zero attached hydrogens (tertiary/aromatic N) is 6. The number of nitro benzene ring substituents is 6. The fraction of sp³-hybridized carbons (Fsp3) is 0. The van der Waals surface area contributed by atoms with Gasteiger partial charge in [-0.05, 0) is 11.1 Å². The van der Waals surface area contributed by atoms with Gasteiger partial charge in [0.15, 0.2) is 11.6 Å². The van der Waals surface area contributed by atoms with Gasteiger partial charge >= 0.3 is 34.1 Å². The molecule has 0 amide bonds. The number of nitro groups is 6. The minimum Gasteiger partial charge on any atom is -0.289 e. The second kappa shape index (κ2) is 9.57. The van der Waals surface area contributed by atoms with E-state index in [-0.39, 0.29) is 22.8 Å². The molecule has 2 aliphatic carbocycles. The Morgan fingerprint density at radius 1 is 0.370 bits per heavy atom. The Bertz CT molecular complexity index is 2280. The van der Waals surface area contributed by atoms with Crippen molar-refractivity contribution in [1.29, 1.82) is 0 Å². The zero-order valence-corrected chi connectivity index (χ0v) is 22.0. The fourth-order valence-electron chi connectivity index (χ4n) is 5.96. The molecule has 0 atom stereocenters. The molecule has 0 radical (unpaired) electrons. The van der Waals surface area contributed by atoms with Gasteiger partial charge in [-0.3, -0.25) is 70.3 Å². The highest BCUT2D eigenvalue weighted by molar-refractivity contribution is 6.32. The molecule has 0 saturated heterocycles. The third kappa shape index (κ3) is 3.60. The Kier molecular flexibility index (Phi) is 5.97. The van der Waals surface area contributed by atoms with Gasteiger partial charge in [0.1, 0.15) is 0 Å². The van der Waals surface area contributed by atoms with Gasteiger partial charge in [-0.2, -0.15) is 0 Å². The summed E-state index contributed by atoms with van der Waals surface area (Å²) >= 11 is 0. The third-order valence-electron chi connectivity index (χ3n) is 7.53. The number of carbonyl (C=O) groups excluding carboxylic acids is 2. The van der Waals surface area contributed by atoms with E-state index in [1.54, 1.807) is 6.07 Å². The van der Waals surface area contributed by atoms with E-state index in [1.807, 2.05) is 0 Å². The molecule has 0 unspecified atom stereocenters. The molecule has 0 aliphatic heterocycles. The van der Waals surface area contributed by atoms with E-state index in [2.05, 4.69) is 0 Å². The van der Waals surface area contributed by atoms with Crippen LogP contribution in [0, 0.1) is 60.7 Å². The quantitative estimate of drug-likeness (QED) is 0.162. The van der Waals surface area contributed by atoms with Gasteiger partial charge in [0.25, 0.3) is 0 Å². The number of rotatable bonds is 7. The Labute approximate surface area is 250 Å². The normalized spacial score (nSPS) is 12.2. The van der Waals surface area contributed by atoms with Crippen LogP contribution in [0.25, 0.3) is 33.4 Å². The third-order valence-corrected chi connectivity index (χ3v) is 7.53. The van der Waals surface area contributed by atoms with E-state index in [4.69, 9.17) is 0 Å². The zero-order chi connectivity index (χ0) is 33.5. The van der Waals surface area contributed by atoms with Crippen molar-refractivity contribution in [3.05, 3.63) is 131 Å². The molecule has 0 saturated carbocycles. The molecule has 0 fully saturated rings. The summed E-state index contributed by atoms with van der Waals surface area (Å²) in [4.78, 5) is 91.8. The molecule has 4 aromatic rings. The first-order valence-electron chi connectivity index (χ1n) is 12.3. The lowest BCUT2D eigenvalue weighted by Gasteiger charge is -2.13. The summed E-state index contributed by atoms with van der Waals surface area (Å²) in [6, 6.07) is 9.94. The van der Waals surface area contributed by atoms with Crippen molar-refractivity contribution in [2.75, 3.05) is 0 Å². The van der Waals surface area contributed by atoms with Crippen molar-refractivity contribution in [3.8, 4) is 33.4 Å². The SMILES string of the molecule is O=C1c2ccccc2-c2cccc(-c3c4c(c([N+](=O)[O-])c([N+](=O)[O-])c3[N+](=O)[O-])-c3c(cc([N+](=O)[O-])c([N+](=O)[O-])c3[N+](=O)[O-])C4=O)c21. The lowest BCUT2D eigenvalue weighted by molar-refractivity contribution is -0.441. The molecular weight excluding hydrogens is 620 g/mol. The monoisotopic (exact) mass is 628 g/mol. The maximum absolute atomic E-state index is 14.0. The van der Waals surface area contributed by atoms with Gasteiger partial charge in [-0.1, -0.05) is 42.5 Å². The standard InChI is InChI=1S/C26H8N6O14/c33-25-11-5-2-1-4-9(11)10-6-3-7-12(15(10)25)16-19-18(23(31(43)44)24(32(45)46)22(16)30(41)42)17-13(26(19)34)8-14(27(35)36)20(28(37)38)21(17)29(39)40/h1-8H. The molecule has 2 aliphatic rings. The number of ketones is 2. The number of hydrogen-bond acceptors (Lipinski definition) is 14. The van der Waals surface area contributed by atoms with Crippen LogP contribution in [0.15, 0.2) is 48.5 Å². The molecule has 0 aromatic heterocycles.